The predicted octanol–water partition coefficient (Wildman–Crippen LogP) is 2.69. The van der Waals surface area contributed by atoms with Gasteiger partial charge in [0, 0.05) is 10.5 Å². The molecule has 0 spiro atoms. The molecule has 0 aliphatic carbocycles. The lowest BCUT2D eigenvalue weighted by Gasteiger charge is -2.16. The minimum Gasteiger partial charge on any atom is -0.480 e. The molecule has 0 aliphatic rings. The van der Waals surface area contributed by atoms with Crippen LogP contribution >= 0.6 is 15.9 Å². The molecule has 0 unspecified atom stereocenters. The molecule has 0 heterocycles. The van der Waals surface area contributed by atoms with Crippen LogP contribution in [0.1, 0.15) is 19.4 Å². The second-order valence-electron chi connectivity index (χ2n) is 4.46. The zero-order chi connectivity index (χ0) is 14.4. The molecular weight excluding hydrogens is 310 g/mol. The molecule has 0 saturated heterocycles. The van der Waals surface area contributed by atoms with Gasteiger partial charge in [0.15, 0.2) is 0 Å². The fourth-order valence-corrected chi connectivity index (χ4v) is 1.91. The molecule has 19 heavy (non-hydrogen) atoms. The fraction of sp³-hybridized carbons (Fsp3) is 0.286. The number of carboxylic acids is 1. The van der Waals surface area contributed by atoms with Gasteiger partial charge < -0.3 is 10.4 Å². The zero-order valence-electron chi connectivity index (χ0n) is 10.8. The maximum absolute atomic E-state index is 11.6. The summed E-state index contributed by atoms with van der Waals surface area (Å²) in [5.74, 6) is -1.61. The van der Waals surface area contributed by atoms with Crippen LogP contribution in [0, 0.1) is 5.92 Å². The Bertz CT molecular complexity index is 497. The van der Waals surface area contributed by atoms with Crippen LogP contribution < -0.4 is 5.32 Å². The quantitative estimate of drug-likeness (QED) is 0.818. The van der Waals surface area contributed by atoms with Gasteiger partial charge in [0.25, 0.3) is 0 Å². The number of rotatable bonds is 5. The standard InChI is InChI=1S/C14H16BrNO3/c1-9(2)13(14(18)19)16-12(17)7-6-10-4-3-5-11(15)8-10/h3-9,13H,1-2H3,(H,16,17)(H,18,19)/b7-6+/t13-/m0/s1. The van der Waals surface area contributed by atoms with Crippen LogP contribution in [0.3, 0.4) is 0 Å². The van der Waals surface area contributed by atoms with E-state index in [1.54, 1.807) is 19.9 Å². The van der Waals surface area contributed by atoms with E-state index in [4.69, 9.17) is 5.11 Å². The van der Waals surface area contributed by atoms with Crippen LogP contribution in [0.2, 0.25) is 0 Å². The van der Waals surface area contributed by atoms with Crippen molar-refractivity contribution < 1.29 is 14.7 Å². The Hall–Kier alpha value is -1.62. The molecule has 4 nitrogen and oxygen atoms in total. The fourth-order valence-electron chi connectivity index (χ4n) is 1.50. The molecule has 1 atom stereocenters. The van der Waals surface area contributed by atoms with E-state index in [0.29, 0.717) is 0 Å². The van der Waals surface area contributed by atoms with Crippen molar-refractivity contribution in [3.63, 3.8) is 0 Å². The maximum atomic E-state index is 11.6. The van der Waals surface area contributed by atoms with Crippen molar-refractivity contribution >= 4 is 33.9 Å². The van der Waals surface area contributed by atoms with Crippen molar-refractivity contribution in [1.82, 2.24) is 5.32 Å². The zero-order valence-corrected chi connectivity index (χ0v) is 12.3. The summed E-state index contributed by atoms with van der Waals surface area (Å²) in [6.07, 6.45) is 2.97. The number of nitrogens with one attached hydrogen (secondary N) is 1. The van der Waals surface area contributed by atoms with Gasteiger partial charge >= 0.3 is 5.97 Å². The Morgan fingerprint density at radius 1 is 1.37 bits per heavy atom. The number of carboxylic acid groups (broad SMARTS) is 1. The molecule has 0 aliphatic heterocycles. The summed E-state index contributed by atoms with van der Waals surface area (Å²) in [5.41, 5.74) is 0.862. The highest BCUT2D eigenvalue weighted by atomic mass is 79.9. The third-order valence-electron chi connectivity index (χ3n) is 2.51. The second-order valence-corrected chi connectivity index (χ2v) is 5.37. The van der Waals surface area contributed by atoms with Crippen LogP contribution in [0.15, 0.2) is 34.8 Å². The SMILES string of the molecule is CC(C)[C@H](NC(=O)/C=C/c1cccc(Br)c1)C(=O)O. The second kappa shape index (κ2) is 7.09. The topological polar surface area (TPSA) is 66.4 Å². The lowest BCUT2D eigenvalue weighted by atomic mass is 10.0. The van der Waals surface area contributed by atoms with E-state index in [1.165, 1.54) is 6.08 Å². The summed E-state index contributed by atoms with van der Waals surface area (Å²) in [4.78, 5) is 22.6. The number of hydrogen-bond donors (Lipinski definition) is 2. The summed E-state index contributed by atoms with van der Waals surface area (Å²) in [6, 6.07) is 6.58. The van der Waals surface area contributed by atoms with E-state index in [9.17, 15) is 9.59 Å². The van der Waals surface area contributed by atoms with Gasteiger partial charge in [-0.25, -0.2) is 4.79 Å². The van der Waals surface area contributed by atoms with Crippen molar-refractivity contribution in [3.8, 4) is 0 Å². The summed E-state index contributed by atoms with van der Waals surface area (Å²) >= 11 is 3.34. The highest BCUT2D eigenvalue weighted by Gasteiger charge is 2.22. The lowest BCUT2D eigenvalue weighted by molar-refractivity contribution is -0.142. The maximum Gasteiger partial charge on any atom is 0.326 e. The van der Waals surface area contributed by atoms with E-state index >= 15 is 0 Å². The first-order chi connectivity index (χ1) is 8.90. The van der Waals surface area contributed by atoms with Crippen LogP contribution in [0.4, 0.5) is 0 Å². The number of amides is 1. The summed E-state index contributed by atoms with van der Waals surface area (Å²) < 4.78 is 0.917. The van der Waals surface area contributed by atoms with Gasteiger partial charge in [-0.1, -0.05) is 41.9 Å². The molecule has 1 amide bonds. The van der Waals surface area contributed by atoms with Crippen LogP contribution in [0.25, 0.3) is 6.08 Å². The number of benzene rings is 1. The van der Waals surface area contributed by atoms with E-state index in [1.807, 2.05) is 24.3 Å². The highest BCUT2D eigenvalue weighted by Crippen LogP contribution is 2.12. The van der Waals surface area contributed by atoms with Crippen molar-refractivity contribution in [2.45, 2.75) is 19.9 Å². The number of hydrogen-bond acceptors (Lipinski definition) is 2. The Balaban J connectivity index is 2.67. The number of carbonyl (C=O) groups is 2. The Kier molecular flexibility index (Phi) is 5.76. The normalized spacial score (nSPS) is 12.6. The van der Waals surface area contributed by atoms with Crippen LogP contribution in [0.5, 0.6) is 0 Å². The average molecular weight is 326 g/mol. The van der Waals surface area contributed by atoms with E-state index < -0.39 is 17.9 Å². The predicted molar refractivity (Wildman–Crippen MR) is 77.6 cm³/mol. The molecule has 0 aromatic heterocycles. The number of halogens is 1. The first-order valence-corrected chi connectivity index (χ1v) is 6.66. The summed E-state index contributed by atoms with van der Waals surface area (Å²) in [6.45, 7) is 3.49. The molecule has 0 radical (unpaired) electrons. The van der Waals surface area contributed by atoms with E-state index in [2.05, 4.69) is 21.2 Å². The van der Waals surface area contributed by atoms with Gasteiger partial charge in [0.2, 0.25) is 5.91 Å². The van der Waals surface area contributed by atoms with Crippen molar-refractivity contribution in [3.05, 3.63) is 40.4 Å². The van der Waals surface area contributed by atoms with Gasteiger partial charge in [0.05, 0.1) is 0 Å². The van der Waals surface area contributed by atoms with Gasteiger partial charge in [-0.05, 0) is 29.7 Å². The molecule has 1 rings (SSSR count). The van der Waals surface area contributed by atoms with E-state index in [0.717, 1.165) is 10.0 Å². The third kappa shape index (κ3) is 5.26. The van der Waals surface area contributed by atoms with Crippen molar-refractivity contribution in [2.24, 2.45) is 5.92 Å². The Morgan fingerprint density at radius 2 is 2.05 bits per heavy atom. The van der Waals surface area contributed by atoms with E-state index in [-0.39, 0.29) is 5.92 Å². The van der Waals surface area contributed by atoms with Gasteiger partial charge in [-0.2, -0.15) is 0 Å². The van der Waals surface area contributed by atoms with Crippen molar-refractivity contribution in [1.29, 1.82) is 0 Å². The van der Waals surface area contributed by atoms with Gasteiger partial charge in [0.1, 0.15) is 6.04 Å². The van der Waals surface area contributed by atoms with Crippen LogP contribution in [-0.2, 0) is 9.59 Å². The monoisotopic (exact) mass is 325 g/mol. The van der Waals surface area contributed by atoms with Gasteiger partial charge in [-0.3, -0.25) is 4.79 Å². The lowest BCUT2D eigenvalue weighted by Crippen LogP contribution is -2.43. The summed E-state index contributed by atoms with van der Waals surface area (Å²) in [5, 5.41) is 11.4. The Morgan fingerprint density at radius 3 is 2.58 bits per heavy atom. The molecule has 0 bridgehead atoms. The summed E-state index contributed by atoms with van der Waals surface area (Å²) in [7, 11) is 0. The average Bonchev–Trinajstić information content (AvgIpc) is 2.32. The highest BCUT2D eigenvalue weighted by molar-refractivity contribution is 9.10. The minimum atomic E-state index is -1.03. The largest absolute Gasteiger partial charge is 0.480 e. The molecular formula is C14H16BrNO3. The molecule has 1 aromatic carbocycles. The number of carbonyl (C=O) groups excluding carboxylic acids is 1. The van der Waals surface area contributed by atoms with Gasteiger partial charge in [-0.15, -0.1) is 0 Å². The molecule has 0 saturated carbocycles. The smallest absolute Gasteiger partial charge is 0.326 e. The molecule has 1 aromatic rings. The Labute approximate surface area is 120 Å². The number of aliphatic carboxylic acids is 1. The molecule has 0 fully saturated rings. The van der Waals surface area contributed by atoms with Crippen molar-refractivity contribution in [2.75, 3.05) is 0 Å². The molecule has 102 valence electrons. The molecule has 5 heteroatoms. The first kappa shape index (κ1) is 15.4. The first-order valence-electron chi connectivity index (χ1n) is 5.87. The minimum absolute atomic E-state index is 0.166. The third-order valence-corrected chi connectivity index (χ3v) is 3.00. The molecule has 2 N–H and O–H groups in total. The van der Waals surface area contributed by atoms with Crippen LogP contribution in [-0.4, -0.2) is 23.0 Å².